The molecule has 2 nitrogen and oxygen atoms in total. The molecular formula is C24H25NO. The largest absolute Gasteiger partial charge is 0.388 e. The minimum absolute atomic E-state index is 0.190. The molecule has 0 radical (unpaired) electrons. The molecule has 0 bridgehead atoms. The van der Waals surface area contributed by atoms with Crippen molar-refractivity contribution in [3.8, 4) is 0 Å². The van der Waals surface area contributed by atoms with Gasteiger partial charge in [0, 0.05) is 12.0 Å². The highest BCUT2D eigenvalue weighted by atomic mass is 16.3. The lowest BCUT2D eigenvalue weighted by molar-refractivity contribution is 0.106. The maximum absolute atomic E-state index is 10.5. The number of hydrogen-bond donors (Lipinski definition) is 1. The highest BCUT2D eigenvalue weighted by molar-refractivity contribution is 5.82. The minimum atomic E-state index is -0.279. The van der Waals surface area contributed by atoms with E-state index in [9.17, 15) is 5.11 Å². The van der Waals surface area contributed by atoms with E-state index in [1.807, 2.05) is 0 Å². The summed E-state index contributed by atoms with van der Waals surface area (Å²) in [6.45, 7) is 3.23. The molecule has 2 aliphatic rings. The molecule has 132 valence electrons. The van der Waals surface area contributed by atoms with Gasteiger partial charge in [-0.2, -0.15) is 0 Å². The number of likely N-dealkylation sites (tertiary alicyclic amines) is 1. The molecule has 1 aliphatic heterocycles. The van der Waals surface area contributed by atoms with Gasteiger partial charge in [-0.25, -0.2) is 0 Å². The molecule has 1 spiro atoms. The van der Waals surface area contributed by atoms with Gasteiger partial charge in [-0.15, -0.1) is 0 Å². The molecule has 1 fully saturated rings. The Kier molecular flexibility index (Phi) is 3.84. The van der Waals surface area contributed by atoms with Crippen LogP contribution in [0.2, 0.25) is 0 Å². The molecule has 1 heterocycles. The van der Waals surface area contributed by atoms with Crippen molar-refractivity contribution in [1.29, 1.82) is 0 Å². The maximum Gasteiger partial charge on any atom is 0.0801 e. The van der Waals surface area contributed by atoms with Gasteiger partial charge < -0.3 is 5.11 Å². The Morgan fingerprint density at radius 1 is 0.885 bits per heavy atom. The Labute approximate surface area is 155 Å². The molecule has 3 aromatic rings. The second-order valence-electron chi connectivity index (χ2n) is 8.05. The van der Waals surface area contributed by atoms with E-state index in [4.69, 9.17) is 0 Å². The van der Waals surface area contributed by atoms with Crippen LogP contribution >= 0.6 is 0 Å². The maximum atomic E-state index is 10.5. The summed E-state index contributed by atoms with van der Waals surface area (Å²) in [6, 6.07) is 23.9. The van der Waals surface area contributed by atoms with Crippen molar-refractivity contribution < 1.29 is 5.11 Å². The first-order valence-corrected chi connectivity index (χ1v) is 9.71. The second kappa shape index (κ2) is 6.22. The fraction of sp³-hybridized carbons (Fsp3) is 0.333. The van der Waals surface area contributed by atoms with Crippen molar-refractivity contribution in [3.05, 3.63) is 83.4 Å². The first-order chi connectivity index (χ1) is 12.7. The average molecular weight is 343 g/mol. The molecule has 1 unspecified atom stereocenters. The zero-order valence-electron chi connectivity index (χ0n) is 15.1. The number of hydrogen-bond acceptors (Lipinski definition) is 2. The van der Waals surface area contributed by atoms with Crippen LogP contribution in [-0.4, -0.2) is 23.1 Å². The number of fused-ring (bicyclic) bond motifs is 3. The second-order valence-corrected chi connectivity index (χ2v) is 8.05. The van der Waals surface area contributed by atoms with Gasteiger partial charge in [0.1, 0.15) is 0 Å². The minimum Gasteiger partial charge on any atom is -0.388 e. The van der Waals surface area contributed by atoms with Crippen molar-refractivity contribution in [2.24, 2.45) is 0 Å². The number of benzene rings is 3. The van der Waals surface area contributed by atoms with Crippen LogP contribution in [0, 0.1) is 0 Å². The van der Waals surface area contributed by atoms with Crippen LogP contribution < -0.4 is 0 Å². The lowest BCUT2D eigenvalue weighted by Gasteiger charge is -2.40. The van der Waals surface area contributed by atoms with E-state index >= 15 is 0 Å². The molecular weight excluding hydrogens is 318 g/mol. The Morgan fingerprint density at radius 2 is 1.62 bits per heavy atom. The fourth-order valence-electron chi connectivity index (χ4n) is 5.07. The lowest BCUT2D eigenvalue weighted by Crippen LogP contribution is -2.41. The zero-order valence-corrected chi connectivity index (χ0v) is 15.1. The van der Waals surface area contributed by atoms with Crippen molar-refractivity contribution in [3.63, 3.8) is 0 Å². The number of nitrogens with zero attached hydrogens (tertiary/aromatic N) is 1. The molecule has 5 rings (SSSR count). The summed E-state index contributed by atoms with van der Waals surface area (Å²) in [5.74, 6) is 0. The van der Waals surface area contributed by atoms with E-state index in [0.29, 0.717) is 0 Å². The van der Waals surface area contributed by atoms with Gasteiger partial charge in [-0.3, -0.25) is 4.90 Å². The smallest absolute Gasteiger partial charge is 0.0801 e. The van der Waals surface area contributed by atoms with Crippen molar-refractivity contribution in [2.75, 3.05) is 13.1 Å². The Bertz CT molecular complexity index is 940. The molecule has 0 aromatic heterocycles. The Hall–Kier alpha value is -2.16. The summed E-state index contributed by atoms with van der Waals surface area (Å²) >= 11 is 0. The summed E-state index contributed by atoms with van der Waals surface area (Å²) in [5.41, 5.74) is 4.15. The first-order valence-electron chi connectivity index (χ1n) is 9.71. The third-order valence-electron chi connectivity index (χ3n) is 6.51. The fourth-order valence-corrected chi connectivity index (χ4v) is 5.07. The van der Waals surface area contributed by atoms with Gasteiger partial charge in [0.05, 0.1) is 6.10 Å². The van der Waals surface area contributed by atoms with E-state index in [1.165, 1.54) is 21.9 Å². The third-order valence-corrected chi connectivity index (χ3v) is 6.51. The molecule has 3 aromatic carbocycles. The third kappa shape index (κ3) is 2.65. The number of aliphatic hydroxyl groups excluding tert-OH is 1. The summed E-state index contributed by atoms with van der Waals surface area (Å²) in [7, 11) is 0. The first kappa shape index (κ1) is 16.0. The van der Waals surface area contributed by atoms with E-state index in [-0.39, 0.29) is 11.5 Å². The summed E-state index contributed by atoms with van der Waals surface area (Å²) in [6.07, 6.45) is 2.91. The molecule has 0 saturated carbocycles. The van der Waals surface area contributed by atoms with Crippen LogP contribution in [0.1, 0.15) is 42.1 Å². The zero-order chi connectivity index (χ0) is 17.6. The monoisotopic (exact) mass is 343 g/mol. The summed E-state index contributed by atoms with van der Waals surface area (Å²) in [5, 5.41) is 13.1. The molecule has 1 N–H and O–H groups in total. The van der Waals surface area contributed by atoms with Crippen molar-refractivity contribution in [2.45, 2.75) is 37.3 Å². The standard InChI is InChI=1S/C24H25NO/c26-23-16-24(22-8-4-3-7-21(22)23)11-13-25(14-12-24)17-18-9-10-19-5-1-2-6-20(19)15-18/h1-10,15,23,26H,11-14,16-17H2. The molecule has 1 saturated heterocycles. The van der Waals surface area contributed by atoms with Gasteiger partial charge >= 0.3 is 0 Å². The normalized spacial score (nSPS) is 22.0. The Balaban J connectivity index is 1.31. The number of aliphatic hydroxyl groups is 1. The quantitative estimate of drug-likeness (QED) is 0.722. The number of piperidine rings is 1. The van der Waals surface area contributed by atoms with Crippen LogP contribution in [0.3, 0.4) is 0 Å². The van der Waals surface area contributed by atoms with E-state index in [0.717, 1.165) is 44.5 Å². The van der Waals surface area contributed by atoms with Crippen molar-refractivity contribution >= 4 is 10.8 Å². The van der Waals surface area contributed by atoms with E-state index in [2.05, 4.69) is 71.6 Å². The number of rotatable bonds is 2. The highest BCUT2D eigenvalue weighted by Gasteiger charge is 2.44. The molecule has 1 atom stereocenters. The average Bonchev–Trinajstić information content (AvgIpc) is 2.96. The highest BCUT2D eigenvalue weighted by Crippen LogP contribution is 2.50. The topological polar surface area (TPSA) is 23.5 Å². The summed E-state index contributed by atoms with van der Waals surface area (Å²) < 4.78 is 0. The van der Waals surface area contributed by atoms with Crippen LogP contribution in [0.5, 0.6) is 0 Å². The molecule has 1 aliphatic carbocycles. The van der Waals surface area contributed by atoms with Crippen LogP contribution in [0.4, 0.5) is 0 Å². The molecule has 2 heteroatoms. The van der Waals surface area contributed by atoms with Crippen LogP contribution in [-0.2, 0) is 12.0 Å². The van der Waals surface area contributed by atoms with E-state index in [1.54, 1.807) is 0 Å². The van der Waals surface area contributed by atoms with Gasteiger partial charge in [0.2, 0.25) is 0 Å². The summed E-state index contributed by atoms with van der Waals surface area (Å²) in [4.78, 5) is 2.57. The van der Waals surface area contributed by atoms with Gasteiger partial charge in [-0.05, 0) is 65.9 Å². The van der Waals surface area contributed by atoms with Crippen molar-refractivity contribution in [1.82, 2.24) is 4.90 Å². The predicted molar refractivity (Wildman–Crippen MR) is 106 cm³/mol. The van der Waals surface area contributed by atoms with Crippen LogP contribution in [0.25, 0.3) is 10.8 Å². The SMILES string of the molecule is OC1CC2(CCN(Cc3ccc4ccccc4c3)CC2)c2ccccc21. The lowest BCUT2D eigenvalue weighted by atomic mass is 9.73. The predicted octanol–water partition coefficient (Wildman–Crippen LogP) is 4.81. The van der Waals surface area contributed by atoms with E-state index < -0.39 is 0 Å². The molecule has 0 amide bonds. The molecule has 26 heavy (non-hydrogen) atoms. The van der Waals surface area contributed by atoms with Gasteiger partial charge in [0.15, 0.2) is 0 Å². The van der Waals surface area contributed by atoms with Gasteiger partial charge in [0.25, 0.3) is 0 Å². The Morgan fingerprint density at radius 3 is 2.46 bits per heavy atom. The van der Waals surface area contributed by atoms with Crippen LogP contribution in [0.15, 0.2) is 66.7 Å². The van der Waals surface area contributed by atoms with Gasteiger partial charge in [-0.1, -0.05) is 60.7 Å².